The van der Waals surface area contributed by atoms with Crippen molar-refractivity contribution in [1.29, 1.82) is 0 Å². The van der Waals surface area contributed by atoms with E-state index in [9.17, 15) is 9.59 Å². The first-order valence-electron chi connectivity index (χ1n) is 5.86. The smallest absolute Gasteiger partial charge is 0.325 e. The molecule has 0 spiro atoms. The van der Waals surface area contributed by atoms with Gasteiger partial charge in [0.25, 0.3) is 0 Å². The van der Waals surface area contributed by atoms with Crippen molar-refractivity contribution >= 4 is 12.0 Å². The van der Waals surface area contributed by atoms with E-state index in [2.05, 4.69) is 5.32 Å². The third-order valence-electron chi connectivity index (χ3n) is 3.08. The summed E-state index contributed by atoms with van der Waals surface area (Å²) in [5, 5.41) is 11.2. The van der Waals surface area contributed by atoms with Gasteiger partial charge in [-0.2, -0.15) is 0 Å². The average Bonchev–Trinajstić information content (AvgIpc) is 2.72. The number of rotatable bonds is 4. The summed E-state index contributed by atoms with van der Waals surface area (Å²) in [6, 6.07) is -0.807. The molecule has 2 N–H and O–H groups in total. The molecule has 2 amide bonds. The lowest BCUT2D eigenvalue weighted by Crippen LogP contribution is -2.49. The lowest BCUT2D eigenvalue weighted by Gasteiger charge is -2.28. The summed E-state index contributed by atoms with van der Waals surface area (Å²) < 4.78 is 0. The topological polar surface area (TPSA) is 69.6 Å². The predicted octanol–water partition coefficient (Wildman–Crippen LogP) is 1.43. The van der Waals surface area contributed by atoms with Crippen LogP contribution in [0.15, 0.2) is 0 Å². The average molecular weight is 228 g/mol. The van der Waals surface area contributed by atoms with Crippen molar-refractivity contribution in [2.75, 3.05) is 6.54 Å². The van der Waals surface area contributed by atoms with Crippen LogP contribution in [-0.2, 0) is 4.79 Å². The van der Waals surface area contributed by atoms with E-state index in [1.807, 2.05) is 6.92 Å². The van der Waals surface area contributed by atoms with Crippen molar-refractivity contribution in [1.82, 2.24) is 10.2 Å². The van der Waals surface area contributed by atoms with Crippen molar-refractivity contribution in [3.8, 4) is 0 Å². The van der Waals surface area contributed by atoms with Crippen LogP contribution in [0.2, 0.25) is 0 Å². The van der Waals surface area contributed by atoms with Crippen LogP contribution >= 0.6 is 0 Å². The minimum atomic E-state index is -1.00. The molecule has 5 nitrogen and oxygen atoms in total. The largest absolute Gasteiger partial charge is 0.480 e. The molecule has 1 atom stereocenters. The normalized spacial score (nSPS) is 18.1. The Morgan fingerprint density at radius 3 is 2.44 bits per heavy atom. The zero-order chi connectivity index (χ0) is 12.1. The lowest BCUT2D eigenvalue weighted by molar-refractivity contribution is -0.138. The second-order valence-electron chi connectivity index (χ2n) is 4.23. The highest BCUT2D eigenvalue weighted by Gasteiger charge is 2.26. The van der Waals surface area contributed by atoms with Crippen LogP contribution in [0.25, 0.3) is 0 Å². The van der Waals surface area contributed by atoms with Gasteiger partial charge in [-0.1, -0.05) is 12.8 Å². The van der Waals surface area contributed by atoms with Gasteiger partial charge in [0.2, 0.25) is 0 Å². The Balaban J connectivity index is 2.52. The molecule has 0 unspecified atom stereocenters. The summed E-state index contributed by atoms with van der Waals surface area (Å²) in [5.41, 5.74) is 0. The first-order chi connectivity index (χ1) is 7.56. The van der Waals surface area contributed by atoms with Gasteiger partial charge < -0.3 is 15.3 Å². The molecule has 92 valence electrons. The first-order valence-corrected chi connectivity index (χ1v) is 5.86. The third-order valence-corrected chi connectivity index (χ3v) is 3.08. The van der Waals surface area contributed by atoms with Crippen LogP contribution < -0.4 is 5.32 Å². The molecule has 0 saturated heterocycles. The number of carboxylic acids is 1. The van der Waals surface area contributed by atoms with Crippen molar-refractivity contribution in [2.45, 2.75) is 51.6 Å². The van der Waals surface area contributed by atoms with Gasteiger partial charge >= 0.3 is 12.0 Å². The van der Waals surface area contributed by atoms with Gasteiger partial charge in [0.05, 0.1) is 0 Å². The van der Waals surface area contributed by atoms with Gasteiger partial charge in [-0.15, -0.1) is 0 Å². The first kappa shape index (κ1) is 12.8. The summed E-state index contributed by atoms with van der Waals surface area (Å²) in [6.07, 6.45) is 4.37. The Morgan fingerprint density at radius 1 is 1.44 bits per heavy atom. The number of aliphatic carboxylic acids is 1. The van der Waals surface area contributed by atoms with Crippen molar-refractivity contribution in [3.63, 3.8) is 0 Å². The molecule has 1 rings (SSSR count). The maximum absolute atomic E-state index is 11.8. The number of carboxylic acid groups (broad SMARTS) is 1. The minimum absolute atomic E-state index is 0.260. The van der Waals surface area contributed by atoms with E-state index in [1.54, 1.807) is 4.90 Å². The van der Waals surface area contributed by atoms with E-state index in [1.165, 1.54) is 6.92 Å². The molecular weight excluding hydrogens is 208 g/mol. The molecule has 0 aromatic carbocycles. The van der Waals surface area contributed by atoms with Gasteiger partial charge in [0, 0.05) is 12.6 Å². The van der Waals surface area contributed by atoms with E-state index in [0.29, 0.717) is 6.54 Å². The highest BCUT2D eigenvalue weighted by molar-refractivity contribution is 5.82. The SMILES string of the molecule is CCN(C(=O)N[C@@H](C)C(=O)O)C1CCCC1. The Kier molecular flexibility index (Phi) is 4.58. The number of urea groups is 1. The number of nitrogens with zero attached hydrogens (tertiary/aromatic N) is 1. The molecule has 0 bridgehead atoms. The van der Waals surface area contributed by atoms with Gasteiger partial charge in [-0.05, 0) is 26.7 Å². The number of hydrogen-bond acceptors (Lipinski definition) is 2. The summed E-state index contributed by atoms with van der Waals surface area (Å²) >= 11 is 0. The number of carbonyl (C=O) groups excluding carboxylic acids is 1. The molecule has 1 aliphatic rings. The number of amides is 2. The van der Waals surface area contributed by atoms with E-state index in [0.717, 1.165) is 25.7 Å². The van der Waals surface area contributed by atoms with Gasteiger partial charge in [-0.3, -0.25) is 4.79 Å². The zero-order valence-corrected chi connectivity index (χ0v) is 9.90. The number of nitrogens with one attached hydrogen (secondary N) is 1. The molecule has 0 aliphatic heterocycles. The molecule has 0 heterocycles. The molecule has 16 heavy (non-hydrogen) atoms. The van der Waals surface area contributed by atoms with E-state index in [4.69, 9.17) is 5.11 Å². The van der Waals surface area contributed by atoms with Crippen LogP contribution in [-0.4, -0.2) is 40.6 Å². The maximum atomic E-state index is 11.8. The van der Waals surface area contributed by atoms with E-state index < -0.39 is 12.0 Å². The van der Waals surface area contributed by atoms with Crippen molar-refractivity contribution in [3.05, 3.63) is 0 Å². The molecular formula is C11H20N2O3. The summed E-state index contributed by atoms with van der Waals surface area (Å²) in [5.74, 6) is -1.00. The Bertz CT molecular complexity index is 262. The van der Waals surface area contributed by atoms with Gasteiger partial charge in [0.15, 0.2) is 0 Å². The molecule has 1 saturated carbocycles. The van der Waals surface area contributed by atoms with Gasteiger partial charge in [-0.25, -0.2) is 4.79 Å². The fraction of sp³-hybridized carbons (Fsp3) is 0.818. The fourth-order valence-corrected chi connectivity index (χ4v) is 2.11. The standard InChI is InChI=1S/C11H20N2O3/c1-3-13(9-6-4-5-7-9)11(16)12-8(2)10(14)15/h8-9H,3-7H2,1-2H3,(H,12,16)(H,14,15)/t8-/m0/s1. The van der Waals surface area contributed by atoms with Crippen LogP contribution in [0.1, 0.15) is 39.5 Å². The quantitative estimate of drug-likeness (QED) is 0.764. The molecule has 1 fully saturated rings. The lowest BCUT2D eigenvalue weighted by atomic mass is 10.2. The number of carbonyl (C=O) groups is 2. The maximum Gasteiger partial charge on any atom is 0.325 e. The fourth-order valence-electron chi connectivity index (χ4n) is 2.11. The monoisotopic (exact) mass is 228 g/mol. The van der Waals surface area contributed by atoms with Gasteiger partial charge in [0.1, 0.15) is 6.04 Å². The van der Waals surface area contributed by atoms with E-state index >= 15 is 0 Å². The Morgan fingerprint density at radius 2 is 2.00 bits per heavy atom. The zero-order valence-electron chi connectivity index (χ0n) is 9.90. The predicted molar refractivity (Wildman–Crippen MR) is 60.3 cm³/mol. The van der Waals surface area contributed by atoms with Crippen LogP contribution in [0.4, 0.5) is 4.79 Å². The Labute approximate surface area is 95.8 Å². The van der Waals surface area contributed by atoms with Crippen molar-refractivity contribution < 1.29 is 14.7 Å². The Hall–Kier alpha value is -1.26. The van der Waals surface area contributed by atoms with Crippen LogP contribution in [0.5, 0.6) is 0 Å². The van der Waals surface area contributed by atoms with Crippen molar-refractivity contribution in [2.24, 2.45) is 0 Å². The molecule has 0 aromatic rings. The third kappa shape index (κ3) is 3.12. The van der Waals surface area contributed by atoms with E-state index in [-0.39, 0.29) is 12.1 Å². The summed E-state index contributed by atoms with van der Waals surface area (Å²) in [7, 11) is 0. The molecule has 5 heteroatoms. The summed E-state index contributed by atoms with van der Waals surface area (Å²) in [4.78, 5) is 24.2. The summed E-state index contributed by atoms with van der Waals surface area (Å²) in [6.45, 7) is 4.02. The van der Waals surface area contributed by atoms with Crippen LogP contribution in [0, 0.1) is 0 Å². The highest BCUT2D eigenvalue weighted by Crippen LogP contribution is 2.23. The molecule has 0 aromatic heterocycles. The molecule has 1 aliphatic carbocycles. The second-order valence-corrected chi connectivity index (χ2v) is 4.23. The second kappa shape index (κ2) is 5.72. The molecule has 0 radical (unpaired) electrons. The van der Waals surface area contributed by atoms with Crippen LogP contribution in [0.3, 0.4) is 0 Å². The minimum Gasteiger partial charge on any atom is -0.480 e. The number of hydrogen-bond donors (Lipinski definition) is 2. The highest BCUT2D eigenvalue weighted by atomic mass is 16.4.